The number of unbranched alkanes of at least 4 members (excludes halogenated alkanes) is 1. The molecule has 3 aromatic rings. The summed E-state index contributed by atoms with van der Waals surface area (Å²) in [6.07, 6.45) is 1.78. The van der Waals surface area contributed by atoms with E-state index in [0.29, 0.717) is 28.4 Å². The van der Waals surface area contributed by atoms with Crippen molar-refractivity contribution in [3.05, 3.63) is 34.6 Å². The normalized spacial score (nSPS) is 12.2. The Labute approximate surface area is 165 Å². The van der Waals surface area contributed by atoms with Crippen molar-refractivity contribution in [3.63, 3.8) is 0 Å². The number of nitrogens with one attached hydrogen (secondary N) is 2. The lowest BCUT2D eigenvalue weighted by Gasteiger charge is -2.12. The van der Waals surface area contributed by atoms with E-state index in [1.165, 1.54) is 18.8 Å². The number of urea groups is 1. The Morgan fingerprint density at radius 3 is 2.71 bits per heavy atom. The summed E-state index contributed by atoms with van der Waals surface area (Å²) in [5, 5.41) is 13.5. The van der Waals surface area contributed by atoms with Crippen molar-refractivity contribution in [2.75, 3.05) is 7.05 Å². The number of aryl methyl sites for hydroxylation is 1. The highest BCUT2D eigenvalue weighted by Crippen LogP contribution is 2.25. The highest BCUT2D eigenvalue weighted by Gasteiger charge is 2.22. The fraction of sp³-hybridized carbons (Fsp3) is 0.389. The van der Waals surface area contributed by atoms with Gasteiger partial charge in [-0.2, -0.15) is 0 Å². The standard InChI is InChI=1S/C18H22N6O3S/c1-4-5-10-23-15(26)12-8-6-7-9-13(12)24-17(23)21-22-18(24)28-11(2)14(25)20-16(27)19-3/h6-9,11H,4-5,10H2,1-3H3,(H2,19,20,25,27)/t11-/m1/s1. The van der Waals surface area contributed by atoms with Gasteiger partial charge >= 0.3 is 6.03 Å². The summed E-state index contributed by atoms with van der Waals surface area (Å²) in [5.41, 5.74) is 0.576. The molecular formula is C18H22N6O3S. The van der Waals surface area contributed by atoms with Gasteiger partial charge in [-0.05, 0) is 25.5 Å². The van der Waals surface area contributed by atoms with Gasteiger partial charge in [-0.1, -0.05) is 37.2 Å². The summed E-state index contributed by atoms with van der Waals surface area (Å²) >= 11 is 1.18. The number of fused-ring (bicyclic) bond motifs is 3. The second-order valence-corrected chi connectivity index (χ2v) is 7.58. The minimum absolute atomic E-state index is 0.106. The number of imide groups is 1. The first-order chi connectivity index (χ1) is 13.5. The van der Waals surface area contributed by atoms with Crippen molar-refractivity contribution >= 4 is 40.4 Å². The average molecular weight is 402 g/mol. The van der Waals surface area contributed by atoms with Crippen LogP contribution < -0.4 is 16.2 Å². The van der Waals surface area contributed by atoms with Crippen LogP contribution in [0.4, 0.5) is 4.79 Å². The summed E-state index contributed by atoms with van der Waals surface area (Å²) < 4.78 is 3.42. The highest BCUT2D eigenvalue weighted by molar-refractivity contribution is 8.00. The van der Waals surface area contributed by atoms with Gasteiger partial charge in [0.1, 0.15) is 0 Å². The molecule has 0 unspecified atom stereocenters. The lowest BCUT2D eigenvalue weighted by Crippen LogP contribution is -2.41. The molecule has 1 aromatic carbocycles. The van der Waals surface area contributed by atoms with Crippen LogP contribution in [0.3, 0.4) is 0 Å². The molecule has 3 amide bonds. The Balaban J connectivity index is 2.07. The van der Waals surface area contributed by atoms with Crippen LogP contribution in [-0.2, 0) is 11.3 Å². The van der Waals surface area contributed by atoms with Crippen molar-refractivity contribution in [1.29, 1.82) is 0 Å². The molecule has 0 saturated heterocycles. The van der Waals surface area contributed by atoms with E-state index in [4.69, 9.17) is 0 Å². The number of carbonyl (C=O) groups is 2. The molecule has 0 aliphatic carbocycles. The molecule has 1 atom stereocenters. The molecule has 2 N–H and O–H groups in total. The molecule has 2 heterocycles. The van der Waals surface area contributed by atoms with Crippen LogP contribution in [0.15, 0.2) is 34.2 Å². The Bertz CT molecular complexity index is 1090. The highest BCUT2D eigenvalue weighted by atomic mass is 32.2. The first-order valence-electron chi connectivity index (χ1n) is 9.03. The maximum absolute atomic E-state index is 12.9. The van der Waals surface area contributed by atoms with Crippen LogP contribution in [-0.4, -0.2) is 43.4 Å². The zero-order valence-corrected chi connectivity index (χ0v) is 16.7. The van der Waals surface area contributed by atoms with Gasteiger partial charge < -0.3 is 5.32 Å². The molecule has 0 bridgehead atoms. The van der Waals surface area contributed by atoms with Gasteiger partial charge in [-0.25, -0.2) is 4.79 Å². The van der Waals surface area contributed by atoms with Crippen LogP contribution in [0.2, 0.25) is 0 Å². The number of carbonyl (C=O) groups excluding carboxylic acids is 2. The smallest absolute Gasteiger partial charge is 0.321 e. The fourth-order valence-electron chi connectivity index (χ4n) is 2.82. The zero-order valence-electron chi connectivity index (χ0n) is 15.9. The van der Waals surface area contributed by atoms with E-state index in [9.17, 15) is 14.4 Å². The van der Waals surface area contributed by atoms with Gasteiger partial charge in [0.2, 0.25) is 11.7 Å². The molecule has 3 rings (SSSR count). The van der Waals surface area contributed by atoms with Crippen LogP contribution >= 0.6 is 11.8 Å². The van der Waals surface area contributed by atoms with Gasteiger partial charge in [-0.3, -0.25) is 23.9 Å². The number of hydrogen-bond acceptors (Lipinski definition) is 6. The van der Waals surface area contributed by atoms with Crippen LogP contribution in [0.5, 0.6) is 0 Å². The van der Waals surface area contributed by atoms with Crippen molar-refractivity contribution in [1.82, 2.24) is 29.8 Å². The summed E-state index contributed by atoms with van der Waals surface area (Å²) in [6, 6.07) is 6.69. The SMILES string of the molecule is CCCCn1c(=O)c2ccccc2n2c(S[C@H](C)C(=O)NC(=O)NC)nnc12. The molecule has 0 aliphatic heterocycles. The number of aromatic nitrogens is 4. The number of thioether (sulfide) groups is 1. The molecule has 2 aromatic heterocycles. The quantitative estimate of drug-likeness (QED) is 0.608. The molecule has 28 heavy (non-hydrogen) atoms. The van der Waals surface area contributed by atoms with E-state index < -0.39 is 17.2 Å². The molecular weight excluding hydrogens is 380 g/mol. The number of para-hydroxylation sites is 1. The number of benzene rings is 1. The lowest BCUT2D eigenvalue weighted by atomic mass is 10.2. The number of amides is 3. The first kappa shape index (κ1) is 19.9. The summed E-state index contributed by atoms with van der Waals surface area (Å²) in [6.45, 7) is 4.28. The van der Waals surface area contributed by atoms with Gasteiger partial charge in [0.25, 0.3) is 5.56 Å². The van der Waals surface area contributed by atoms with Crippen LogP contribution in [0, 0.1) is 0 Å². The van der Waals surface area contributed by atoms with E-state index in [2.05, 4.69) is 27.8 Å². The Kier molecular flexibility index (Phi) is 5.98. The maximum atomic E-state index is 12.9. The molecule has 0 fully saturated rings. The Morgan fingerprint density at radius 1 is 1.25 bits per heavy atom. The fourth-order valence-corrected chi connectivity index (χ4v) is 3.67. The molecule has 0 radical (unpaired) electrons. The second kappa shape index (κ2) is 8.42. The third-order valence-electron chi connectivity index (χ3n) is 4.33. The van der Waals surface area contributed by atoms with Crippen molar-refractivity contribution in [2.45, 2.75) is 43.6 Å². The third-order valence-corrected chi connectivity index (χ3v) is 5.37. The summed E-state index contributed by atoms with van der Waals surface area (Å²) in [4.78, 5) is 36.5. The topological polar surface area (TPSA) is 110 Å². The van der Waals surface area contributed by atoms with E-state index in [1.807, 2.05) is 18.2 Å². The van der Waals surface area contributed by atoms with Crippen molar-refractivity contribution in [3.8, 4) is 0 Å². The first-order valence-corrected chi connectivity index (χ1v) is 9.91. The Morgan fingerprint density at radius 2 is 2.00 bits per heavy atom. The van der Waals surface area contributed by atoms with Gasteiger partial charge in [-0.15, -0.1) is 10.2 Å². The van der Waals surface area contributed by atoms with Crippen LogP contribution in [0.1, 0.15) is 26.7 Å². The number of rotatable bonds is 6. The number of nitrogens with zero attached hydrogens (tertiary/aromatic N) is 4. The minimum Gasteiger partial charge on any atom is -0.341 e. The zero-order chi connectivity index (χ0) is 20.3. The predicted molar refractivity (Wildman–Crippen MR) is 108 cm³/mol. The van der Waals surface area contributed by atoms with Gasteiger partial charge in [0.05, 0.1) is 16.2 Å². The van der Waals surface area contributed by atoms with Gasteiger partial charge in [0.15, 0.2) is 5.16 Å². The molecule has 0 saturated carbocycles. The third kappa shape index (κ3) is 3.72. The van der Waals surface area contributed by atoms with Gasteiger partial charge in [0, 0.05) is 13.6 Å². The largest absolute Gasteiger partial charge is 0.341 e. The second-order valence-electron chi connectivity index (χ2n) is 6.27. The Hall–Kier alpha value is -2.88. The average Bonchev–Trinajstić information content (AvgIpc) is 3.11. The van der Waals surface area contributed by atoms with Crippen LogP contribution in [0.25, 0.3) is 16.7 Å². The molecule has 0 spiro atoms. The molecule has 10 heteroatoms. The van der Waals surface area contributed by atoms with E-state index in [-0.39, 0.29) is 5.56 Å². The molecule has 0 aliphatic rings. The molecule has 148 valence electrons. The monoisotopic (exact) mass is 402 g/mol. The lowest BCUT2D eigenvalue weighted by molar-refractivity contribution is -0.119. The van der Waals surface area contributed by atoms with Crippen molar-refractivity contribution in [2.24, 2.45) is 0 Å². The van der Waals surface area contributed by atoms with E-state index in [0.717, 1.165) is 12.8 Å². The van der Waals surface area contributed by atoms with E-state index >= 15 is 0 Å². The predicted octanol–water partition coefficient (Wildman–Crippen LogP) is 1.78. The molecule has 9 nitrogen and oxygen atoms in total. The summed E-state index contributed by atoms with van der Waals surface area (Å²) in [5.74, 6) is 0.00303. The van der Waals surface area contributed by atoms with Crippen molar-refractivity contribution < 1.29 is 9.59 Å². The van der Waals surface area contributed by atoms with E-state index in [1.54, 1.807) is 22.0 Å². The maximum Gasteiger partial charge on any atom is 0.321 e. The summed E-state index contributed by atoms with van der Waals surface area (Å²) in [7, 11) is 1.44. The minimum atomic E-state index is -0.584. The number of hydrogen-bond donors (Lipinski definition) is 2.